The first-order valence-corrected chi connectivity index (χ1v) is 4.39. The molecule has 15 heavy (non-hydrogen) atoms. The van der Waals surface area contributed by atoms with E-state index in [1.54, 1.807) is 6.92 Å². The quantitative estimate of drug-likeness (QED) is 0.785. The van der Waals surface area contributed by atoms with Gasteiger partial charge < -0.3 is 5.32 Å². The molecule has 0 spiro atoms. The molecular formula is C10H9F3N2. The molecule has 0 bridgehead atoms. The SMILES string of the molecule is CCC(C#N)Nc1cc(F)cc(F)c1F. The highest BCUT2D eigenvalue weighted by molar-refractivity contribution is 5.47. The fourth-order valence-electron chi connectivity index (χ4n) is 1.07. The van der Waals surface area contributed by atoms with Crippen molar-refractivity contribution in [1.82, 2.24) is 0 Å². The molecule has 0 amide bonds. The van der Waals surface area contributed by atoms with Crippen LogP contribution in [0.5, 0.6) is 0 Å². The molecule has 1 aromatic rings. The lowest BCUT2D eigenvalue weighted by Gasteiger charge is -2.11. The molecule has 2 nitrogen and oxygen atoms in total. The van der Waals surface area contributed by atoms with Gasteiger partial charge in [-0.25, -0.2) is 13.2 Å². The van der Waals surface area contributed by atoms with E-state index in [-0.39, 0.29) is 5.69 Å². The molecule has 1 aromatic carbocycles. The van der Waals surface area contributed by atoms with E-state index in [9.17, 15) is 13.2 Å². The topological polar surface area (TPSA) is 35.8 Å². The lowest BCUT2D eigenvalue weighted by molar-refractivity contribution is 0.496. The molecule has 80 valence electrons. The average molecular weight is 214 g/mol. The zero-order chi connectivity index (χ0) is 11.4. The third-order valence-corrected chi connectivity index (χ3v) is 1.89. The van der Waals surface area contributed by atoms with E-state index in [0.717, 1.165) is 6.07 Å². The highest BCUT2D eigenvalue weighted by Crippen LogP contribution is 2.20. The third-order valence-electron chi connectivity index (χ3n) is 1.89. The molecular weight excluding hydrogens is 205 g/mol. The Morgan fingerprint density at radius 1 is 1.40 bits per heavy atom. The van der Waals surface area contributed by atoms with Gasteiger partial charge in [0.05, 0.1) is 11.8 Å². The normalized spacial score (nSPS) is 11.9. The third kappa shape index (κ3) is 2.62. The van der Waals surface area contributed by atoms with Crippen LogP contribution >= 0.6 is 0 Å². The molecule has 0 aromatic heterocycles. The van der Waals surface area contributed by atoms with Gasteiger partial charge in [-0.2, -0.15) is 5.26 Å². The van der Waals surface area contributed by atoms with Gasteiger partial charge in [0.15, 0.2) is 11.6 Å². The zero-order valence-electron chi connectivity index (χ0n) is 8.02. The summed E-state index contributed by atoms with van der Waals surface area (Å²) < 4.78 is 38.6. The molecule has 0 aliphatic rings. The second kappa shape index (κ2) is 4.69. The number of nitrogens with one attached hydrogen (secondary N) is 1. The number of nitrogens with zero attached hydrogens (tertiary/aromatic N) is 1. The van der Waals surface area contributed by atoms with Crippen molar-refractivity contribution < 1.29 is 13.2 Å². The summed E-state index contributed by atoms with van der Waals surface area (Å²) in [5.41, 5.74) is -0.332. The van der Waals surface area contributed by atoms with Gasteiger partial charge in [0.25, 0.3) is 0 Å². The van der Waals surface area contributed by atoms with Crippen molar-refractivity contribution in [2.24, 2.45) is 0 Å². The Morgan fingerprint density at radius 2 is 2.07 bits per heavy atom. The van der Waals surface area contributed by atoms with Gasteiger partial charge in [0, 0.05) is 12.1 Å². The summed E-state index contributed by atoms with van der Waals surface area (Å²) in [4.78, 5) is 0. The first kappa shape index (κ1) is 11.4. The molecule has 0 aliphatic heterocycles. The van der Waals surface area contributed by atoms with Crippen LogP contribution in [0.4, 0.5) is 18.9 Å². The molecule has 0 heterocycles. The number of nitriles is 1. The predicted octanol–water partition coefficient (Wildman–Crippen LogP) is 2.82. The Labute approximate surface area is 85.3 Å². The Bertz CT molecular complexity index is 398. The molecule has 1 unspecified atom stereocenters. The van der Waals surface area contributed by atoms with Crippen molar-refractivity contribution in [3.63, 3.8) is 0 Å². The van der Waals surface area contributed by atoms with Gasteiger partial charge in [-0.05, 0) is 6.42 Å². The smallest absolute Gasteiger partial charge is 0.182 e. The van der Waals surface area contributed by atoms with Gasteiger partial charge in [-0.15, -0.1) is 0 Å². The predicted molar refractivity (Wildman–Crippen MR) is 49.6 cm³/mol. The largest absolute Gasteiger partial charge is 0.367 e. The summed E-state index contributed by atoms with van der Waals surface area (Å²) in [5.74, 6) is -3.33. The maximum Gasteiger partial charge on any atom is 0.182 e. The van der Waals surface area contributed by atoms with Gasteiger partial charge in [0.2, 0.25) is 0 Å². The Kier molecular flexibility index (Phi) is 3.56. The maximum atomic E-state index is 13.1. The van der Waals surface area contributed by atoms with Crippen molar-refractivity contribution in [2.45, 2.75) is 19.4 Å². The van der Waals surface area contributed by atoms with Crippen LogP contribution < -0.4 is 5.32 Å². The number of anilines is 1. The lowest BCUT2D eigenvalue weighted by Crippen LogP contribution is -2.17. The van der Waals surface area contributed by atoms with Crippen molar-refractivity contribution >= 4 is 5.69 Å². The van der Waals surface area contributed by atoms with Crippen LogP contribution in [0.2, 0.25) is 0 Å². The van der Waals surface area contributed by atoms with Gasteiger partial charge in [-0.3, -0.25) is 0 Å². The van der Waals surface area contributed by atoms with Crippen LogP contribution in [0.15, 0.2) is 12.1 Å². The second-order valence-corrected chi connectivity index (χ2v) is 2.98. The summed E-state index contributed by atoms with van der Waals surface area (Å²) in [7, 11) is 0. The molecule has 1 N–H and O–H groups in total. The second-order valence-electron chi connectivity index (χ2n) is 2.98. The van der Waals surface area contributed by atoms with Crippen molar-refractivity contribution in [2.75, 3.05) is 5.32 Å². The summed E-state index contributed by atoms with van der Waals surface area (Å²) in [6.07, 6.45) is 0.411. The van der Waals surface area contributed by atoms with Crippen molar-refractivity contribution in [3.8, 4) is 6.07 Å². The molecule has 0 radical (unpaired) electrons. The summed E-state index contributed by atoms with van der Waals surface area (Å²) in [6.45, 7) is 1.70. The van der Waals surface area contributed by atoms with Crippen LogP contribution in [0.3, 0.4) is 0 Å². The summed E-state index contributed by atoms with van der Waals surface area (Å²) in [5, 5.41) is 11.0. The van der Waals surface area contributed by atoms with E-state index in [0.29, 0.717) is 12.5 Å². The average Bonchev–Trinajstić information content (AvgIpc) is 2.21. The standard InChI is InChI=1S/C10H9F3N2/c1-2-7(5-14)15-9-4-6(11)3-8(12)10(9)13/h3-4,7,15H,2H2,1H3. The molecule has 0 fully saturated rings. The Hall–Kier alpha value is -1.70. The monoisotopic (exact) mass is 214 g/mol. The number of benzene rings is 1. The van der Waals surface area contributed by atoms with Gasteiger partial charge in [-0.1, -0.05) is 6.92 Å². The number of halogens is 3. The van der Waals surface area contributed by atoms with E-state index < -0.39 is 23.5 Å². The van der Waals surface area contributed by atoms with Crippen LogP contribution in [-0.4, -0.2) is 6.04 Å². The first-order valence-electron chi connectivity index (χ1n) is 4.39. The van der Waals surface area contributed by atoms with Crippen molar-refractivity contribution in [3.05, 3.63) is 29.6 Å². The van der Waals surface area contributed by atoms with Crippen LogP contribution in [0, 0.1) is 28.8 Å². The van der Waals surface area contributed by atoms with E-state index >= 15 is 0 Å². The Balaban J connectivity index is 3.00. The minimum Gasteiger partial charge on any atom is -0.367 e. The lowest BCUT2D eigenvalue weighted by atomic mass is 10.2. The van der Waals surface area contributed by atoms with Gasteiger partial charge in [0.1, 0.15) is 11.9 Å². The molecule has 1 rings (SSSR count). The van der Waals surface area contributed by atoms with E-state index in [1.807, 2.05) is 6.07 Å². The fourth-order valence-corrected chi connectivity index (χ4v) is 1.07. The number of hydrogen-bond acceptors (Lipinski definition) is 2. The molecule has 0 saturated carbocycles. The van der Waals surface area contributed by atoms with E-state index in [1.165, 1.54) is 0 Å². The highest BCUT2D eigenvalue weighted by Gasteiger charge is 2.13. The van der Waals surface area contributed by atoms with Crippen LogP contribution in [-0.2, 0) is 0 Å². The number of rotatable bonds is 3. The van der Waals surface area contributed by atoms with E-state index in [2.05, 4.69) is 5.32 Å². The highest BCUT2D eigenvalue weighted by atomic mass is 19.2. The fraction of sp³-hybridized carbons (Fsp3) is 0.300. The molecule has 1 atom stereocenters. The molecule has 0 saturated heterocycles. The summed E-state index contributed by atoms with van der Waals surface area (Å²) >= 11 is 0. The van der Waals surface area contributed by atoms with Crippen LogP contribution in [0.25, 0.3) is 0 Å². The minimum atomic E-state index is -1.27. The van der Waals surface area contributed by atoms with E-state index in [4.69, 9.17) is 5.26 Å². The Morgan fingerprint density at radius 3 is 2.60 bits per heavy atom. The van der Waals surface area contributed by atoms with Crippen LogP contribution in [0.1, 0.15) is 13.3 Å². The maximum absolute atomic E-state index is 13.1. The summed E-state index contributed by atoms with van der Waals surface area (Å²) in [6, 6.07) is 2.45. The minimum absolute atomic E-state index is 0.332. The number of hydrogen-bond donors (Lipinski definition) is 1. The first-order chi connectivity index (χ1) is 7.08. The molecule has 5 heteroatoms. The van der Waals surface area contributed by atoms with Crippen molar-refractivity contribution in [1.29, 1.82) is 5.26 Å². The van der Waals surface area contributed by atoms with Gasteiger partial charge >= 0.3 is 0 Å². The zero-order valence-corrected chi connectivity index (χ0v) is 8.02. The molecule has 0 aliphatic carbocycles.